The summed E-state index contributed by atoms with van der Waals surface area (Å²) in [7, 11) is 0. The number of hydrogen-bond acceptors (Lipinski definition) is 3. The SMILES string of the molecule is CC(NC(=O)CCc1cccnc1)c1ccc(N)cc1. The van der Waals surface area contributed by atoms with Crippen molar-refractivity contribution in [2.75, 3.05) is 5.73 Å². The second-order valence-electron chi connectivity index (χ2n) is 4.82. The van der Waals surface area contributed by atoms with Crippen molar-refractivity contribution in [3.8, 4) is 0 Å². The molecule has 104 valence electrons. The standard InChI is InChI=1S/C16H19N3O/c1-12(14-5-7-15(17)8-6-14)19-16(20)9-4-13-3-2-10-18-11-13/h2-3,5-8,10-12H,4,9,17H2,1H3,(H,19,20). The average Bonchev–Trinajstić information content (AvgIpc) is 2.47. The van der Waals surface area contributed by atoms with Crippen LogP contribution in [-0.2, 0) is 11.2 Å². The summed E-state index contributed by atoms with van der Waals surface area (Å²) in [6, 6.07) is 11.4. The molecule has 0 aliphatic rings. The molecule has 3 N–H and O–H groups in total. The van der Waals surface area contributed by atoms with E-state index in [1.165, 1.54) is 0 Å². The quantitative estimate of drug-likeness (QED) is 0.819. The predicted octanol–water partition coefficient (Wildman–Crippen LogP) is 2.47. The lowest BCUT2D eigenvalue weighted by atomic mass is 10.1. The molecule has 1 unspecified atom stereocenters. The summed E-state index contributed by atoms with van der Waals surface area (Å²) in [5.41, 5.74) is 8.49. The van der Waals surface area contributed by atoms with Gasteiger partial charge in [0.25, 0.3) is 0 Å². The second-order valence-corrected chi connectivity index (χ2v) is 4.82. The molecule has 0 spiro atoms. The summed E-state index contributed by atoms with van der Waals surface area (Å²) in [5, 5.41) is 2.99. The highest BCUT2D eigenvalue weighted by Gasteiger charge is 2.09. The molecule has 0 aliphatic heterocycles. The van der Waals surface area contributed by atoms with Crippen LogP contribution in [0.1, 0.15) is 30.5 Å². The van der Waals surface area contributed by atoms with Gasteiger partial charge in [-0.2, -0.15) is 0 Å². The van der Waals surface area contributed by atoms with Crippen LogP contribution >= 0.6 is 0 Å². The third-order valence-corrected chi connectivity index (χ3v) is 3.18. The van der Waals surface area contributed by atoms with E-state index in [0.29, 0.717) is 12.8 Å². The molecule has 4 nitrogen and oxygen atoms in total. The van der Waals surface area contributed by atoms with Gasteiger partial charge in [0.15, 0.2) is 0 Å². The lowest BCUT2D eigenvalue weighted by Gasteiger charge is -2.14. The fraction of sp³-hybridized carbons (Fsp3) is 0.250. The third-order valence-electron chi connectivity index (χ3n) is 3.18. The van der Waals surface area contributed by atoms with E-state index in [4.69, 9.17) is 5.73 Å². The zero-order valence-corrected chi connectivity index (χ0v) is 11.5. The molecule has 1 heterocycles. The normalized spacial score (nSPS) is 11.8. The summed E-state index contributed by atoms with van der Waals surface area (Å²) >= 11 is 0. The Balaban J connectivity index is 1.83. The minimum Gasteiger partial charge on any atom is -0.399 e. The molecule has 2 rings (SSSR count). The monoisotopic (exact) mass is 269 g/mol. The van der Waals surface area contributed by atoms with Gasteiger partial charge in [0, 0.05) is 24.5 Å². The van der Waals surface area contributed by atoms with E-state index in [0.717, 1.165) is 16.8 Å². The van der Waals surface area contributed by atoms with Crippen LogP contribution in [0.15, 0.2) is 48.8 Å². The van der Waals surface area contributed by atoms with Crippen molar-refractivity contribution < 1.29 is 4.79 Å². The van der Waals surface area contributed by atoms with Gasteiger partial charge >= 0.3 is 0 Å². The van der Waals surface area contributed by atoms with Crippen molar-refractivity contribution in [1.29, 1.82) is 0 Å². The van der Waals surface area contributed by atoms with Gasteiger partial charge in [0.1, 0.15) is 0 Å². The third kappa shape index (κ3) is 4.09. The molecule has 0 bridgehead atoms. The maximum atomic E-state index is 11.9. The molecule has 1 amide bonds. The van der Waals surface area contributed by atoms with Gasteiger partial charge in [-0.1, -0.05) is 18.2 Å². The lowest BCUT2D eigenvalue weighted by molar-refractivity contribution is -0.121. The number of rotatable bonds is 5. The molecule has 1 aromatic carbocycles. The maximum absolute atomic E-state index is 11.9. The fourth-order valence-electron chi connectivity index (χ4n) is 1.99. The number of nitrogen functional groups attached to an aromatic ring is 1. The van der Waals surface area contributed by atoms with Gasteiger partial charge in [-0.15, -0.1) is 0 Å². The maximum Gasteiger partial charge on any atom is 0.220 e. The second kappa shape index (κ2) is 6.70. The molecule has 0 fully saturated rings. The molecular formula is C16H19N3O. The molecule has 0 saturated carbocycles. The summed E-state index contributed by atoms with van der Waals surface area (Å²) in [4.78, 5) is 15.9. The van der Waals surface area contributed by atoms with Crippen LogP contribution in [0.3, 0.4) is 0 Å². The first-order valence-corrected chi connectivity index (χ1v) is 6.69. The smallest absolute Gasteiger partial charge is 0.220 e. The van der Waals surface area contributed by atoms with Crippen LogP contribution in [0.2, 0.25) is 0 Å². The molecule has 20 heavy (non-hydrogen) atoms. The van der Waals surface area contributed by atoms with E-state index >= 15 is 0 Å². The molecule has 0 aliphatic carbocycles. The van der Waals surface area contributed by atoms with E-state index in [1.807, 2.05) is 43.3 Å². The van der Waals surface area contributed by atoms with E-state index in [-0.39, 0.29) is 11.9 Å². The highest BCUT2D eigenvalue weighted by molar-refractivity contribution is 5.76. The predicted molar refractivity (Wildman–Crippen MR) is 80.0 cm³/mol. The number of carbonyl (C=O) groups is 1. The van der Waals surface area contributed by atoms with Gasteiger partial charge in [0.2, 0.25) is 5.91 Å². The lowest BCUT2D eigenvalue weighted by Crippen LogP contribution is -2.26. The van der Waals surface area contributed by atoms with E-state index < -0.39 is 0 Å². The largest absolute Gasteiger partial charge is 0.399 e. The van der Waals surface area contributed by atoms with Crippen LogP contribution in [0.5, 0.6) is 0 Å². The molecule has 0 saturated heterocycles. The van der Waals surface area contributed by atoms with Gasteiger partial charge in [0.05, 0.1) is 6.04 Å². The number of pyridine rings is 1. The van der Waals surface area contributed by atoms with E-state index in [1.54, 1.807) is 12.4 Å². The average molecular weight is 269 g/mol. The Morgan fingerprint density at radius 2 is 2.05 bits per heavy atom. The molecule has 2 aromatic rings. The fourth-order valence-corrected chi connectivity index (χ4v) is 1.99. The van der Waals surface area contributed by atoms with Crippen molar-refractivity contribution in [1.82, 2.24) is 10.3 Å². The number of aromatic nitrogens is 1. The molecule has 1 atom stereocenters. The van der Waals surface area contributed by atoms with Crippen LogP contribution in [0.25, 0.3) is 0 Å². The number of nitrogens with one attached hydrogen (secondary N) is 1. The first kappa shape index (κ1) is 14.1. The Bertz CT molecular complexity index is 552. The minimum absolute atomic E-state index is 0.0167. The number of benzene rings is 1. The Hall–Kier alpha value is -2.36. The number of carbonyl (C=O) groups excluding carboxylic acids is 1. The molecular weight excluding hydrogens is 250 g/mol. The molecule has 0 radical (unpaired) electrons. The van der Waals surface area contributed by atoms with E-state index in [9.17, 15) is 4.79 Å². The molecule has 1 aromatic heterocycles. The number of nitrogens with two attached hydrogens (primary N) is 1. The number of amides is 1. The summed E-state index contributed by atoms with van der Waals surface area (Å²) in [6.45, 7) is 1.97. The Labute approximate surface area is 119 Å². The summed E-state index contributed by atoms with van der Waals surface area (Å²) < 4.78 is 0. The van der Waals surface area contributed by atoms with Crippen molar-refractivity contribution >= 4 is 11.6 Å². The molecule has 4 heteroatoms. The van der Waals surface area contributed by atoms with E-state index in [2.05, 4.69) is 10.3 Å². The Kier molecular flexibility index (Phi) is 4.71. The number of aryl methyl sites for hydroxylation is 1. The van der Waals surface area contributed by atoms with Gasteiger partial charge < -0.3 is 11.1 Å². The topological polar surface area (TPSA) is 68.0 Å². The van der Waals surface area contributed by atoms with Crippen LogP contribution < -0.4 is 11.1 Å². The van der Waals surface area contributed by atoms with Crippen molar-refractivity contribution in [2.45, 2.75) is 25.8 Å². The Morgan fingerprint density at radius 3 is 2.70 bits per heavy atom. The first-order chi connectivity index (χ1) is 9.65. The summed E-state index contributed by atoms with van der Waals surface area (Å²) in [5.74, 6) is 0.0400. The van der Waals surface area contributed by atoms with Crippen LogP contribution in [-0.4, -0.2) is 10.9 Å². The van der Waals surface area contributed by atoms with Gasteiger partial charge in [-0.25, -0.2) is 0 Å². The highest BCUT2D eigenvalue weighted by Crippen LogP contribution is 2.14. The zero-order valence-electron chi connectivity index (χ0n) is 11.5. The van der Waals surface area contributed by atoms with Crippen molar-refractivity contribution in [3.05, 3.63) is 59.9 Å². The zero-order chi connectivity index (χ0) is 14.4. The first-order valence-electron chi connectivity index (χ1n) is 6.69. The van der Waals surface area contributed by atoms with Gasteiger partial charge in [-0.3, -0.25) is 9.78 Å². The Morgan fingerprint density at radius 1 is 1.30 bits per heavy atom. The van der Waals surface area contributed by atoms with Crippen molar-refractivity contribution in [2.24, 2.45) is 0 Å². The number of hydrogen-bond donors (Lipinski definition) is 2. The minimum atomic E-state index is -0.0167. The van der Waals surface area contributed by atoms with Crippen LogP contribution in [0.4, 0.5) is 5.69 Å². The summed E-state index contributed by atoms with van der Waals surface area (Å²) in [6.07, 6.45) is 4.68. The number of anilines is 1. The van der Waals surface area contributed by atoms with Gasteiger partial charge in [-0.05, 0) is 42.7 Å². The van der Waals surface area contributed by atoms with Crippen molar-refractivity contribution in [3.63, 3.8) is 0 Å². The number of nitrogens with zero attached hydrogens (tertiary/aromatic N) is 1. The highest BCUT2D eigenvalue weighted by atomic mass is 16.1. The van der Waals surface area contributed by atoms with Crippen LogP contribution in [0, 0.1) is 0 Å².